The Kier molecular flexibility index (Phi) is 6.43. The van der Waals surface area contributed by atoms with Crippen LogP contribution in [0, 0.1) is 13.8 Å². The van der Waals surface area contributed by atoms with E-state index in [1.165, 1.54) is 24.2 Å². The number of aromatic nitrogens is 2. The summed E-state index contributed by atoms with van der Waals surface area (Å²) in [5, 5.41) is 3.71. The number of piperazine rings is 1. The van der Waals surface area contributed by atoms with Crippen LogP contribution in [0.25, 0.3) is 21.7 Å². The number of amides is 2. The molecular weight excluding hydrogens is 444 g/mol. The zero-order chi connectivity index (χ0) is 23.7. The molecule has 2 aliphatic heterocycles. The van der Waals surface area contributed by atoms with Crippen LogP contribution in [0.2, 0.25) is 0 Å². The van der Waals surface area contributed by atoms with Gasteiger partial charge in [-0.05, 0) is 69.3 Å². The van der Waals surface area contributed by atoms with Crippen molar-refractivity contribution in [3.8, 4) is 21.7 Å². The number of urea groups is 1. The van der Waals surface area contributed by atoms with Gasteiger partial charge in [-0.15, -0.1) is 0 Å². The highest BCUT2D eigenvalue weighted by Gasteiger charge is 2.32. The van der Waals surface area contributed by atoms with E-state index in [1.807, 2.05) is 30.9 Å². The molecule has 2 amide bonds. The van der Waals surface area contributed by atoms with E-state index in [-0.39, 0.29) is 6.03 Å². The van der Waals surface area contributed by atoms with E-state index in [2.05, 4.69) is 51.2 Å². The third kappa shape index (κ3) is 4.74. The first-order valence-electron chi connectivity index (χ1n) is 11.8. The highest BCUT2D eigenvalue weighted by molar-refractivity contribution is 7.19. The highest BCUT2D eigenvalue weighted by atomic mass is 32.1. The van der Waals surface area contributed by atoms with Crippen molar-refractivity contribution in [2.75, 3.05) is 31.5 Å². The number of rotatable bonds is 5. The number of aliphatic imine (C=N–C) groups is 1. The van der Waals surface area contributed by atoms with Crippen molar-refractivity contribution in [2.24, 2.45) is 4.99 Å². The van der Waals surface area contributed by atoms with Crippen molar-refractivity contribution in [1.82, 2.24) is 19.8 Å². The Morgan fingerprint density at radius 3 is 2.76 bits per heavy atom. The third-order valence-electron chi connectivity index (χ3n) is 6.55. The molecule has 4 heterocycles. The van der Waals surface area contributed by atoms with Crippen LogP contribution in [-0.4, -0.2) is 64.7 Å². The maximum Gasteiger partial charge on any atom is 0.323 e. The first-order chi connectivity index (χ1) is 16.5. The Morgan fingerprint density at radius 2 is 1.97 bits per heavy atom. The molecule has 176 valence electrons. The number of pyridine rings is 1. The van der Waals surface area contributed by atoms with Crippen LogP contribution < -0.4 is 5.32 Å². The largest absolute Gasteiger partial charge is 0.323 e. The number of fused-ring (bicyclic) bond motifs is 1. The number of anilines is 1. The second-order valence-electron chi connectivity index (χ2n) is 9.13. The SMILES string of the molecule is C=NCc1cccc(-c2nc(NC(=O)N3CCN4CCC[C@@H]4C3)sc2-c2cc(C)nc(C)c2)c1. The quantitative estimate of drug-likeness (QED) is 0.528. The zero-order valence-corrected chi connectivity index (χ0v) is 20.6. The number of hydrogen-bond acceptors (Lipinski definition) is 6. The van der Waals surface area contributed by atoms with Crippen LogP contribution in [-0.2, 0) is 6.54 Å². The molecule has 2 fully saturated rings. The number of hydrogen-bond donors (Lipinski definition) is 1. The van der Waals surface area contributed by atoms with E-state index in [0.717, 1.165) is 64.8 Å². The maximum atomic E-state index is 13.1. The summed E-state index contributed by atoms with van der Waals surface area (Å²) in [4.78, 5) is 32.0. The first kappa shape index (κ1) is 22.7. The fraction of sp³-hybridized carbons (Fsp3) is 0.385. The summed E-state index contributed by atoms with van der Waals surface area (Å²) in [5.41, 5.74) is 5.91. The van der Waals surface area contributed by atoms with Gasteiger partial charge in [0.1, 0.15) is 0 Å². The molecule has 2 aromatic heterocycles. The van der Waals surface area contributed by atoms with Gasteiger partial charge in [-0.1, -0.05) is 29.5 Å². The summed E-state index contributed by atoms with van der Waals surface area (Å²) >= 11 is 1.51. The molecule has 8 heteroatoms. The van der Waals surface area contributed by atoms with Gasteiger partial charge in [-0.3, -0.25) is 20.2 Å². The highest BCUT2D eigenvalue weighted by Crippen LogP contribution is 2.40. The van der Waals surface area contributed by atoms with Gasteiger partial charge in [-0.25, -0.2) is 9.78 Å². The molecule has 0 aliphatic carbocycles. The van der Waals surface area contributed by atoms with Crippen molar-refractivity contribution in [1.29, 1.82) is 0 Å². The molecular formula is C26H30N6OS. The molecule has 0 bridgehead atoms. The number of carbonyl (C=O) groups is 1. The number of carbonyl (C=O) groups excluding carboxylic acids is 1. The van der Waals surface area contributed by atoms with Crippen molar-refractivity contribution in [2.45, 2.75) is 39.3 Å². The van der Waals surface area contributed by atoms with Crippen LogP contribution in [0.3, 0.4) is 0 Å². The fourth-order valence-electron chi connectivity index (χ4n) is 5.02. The lowest BCUT2D eigenvalue weighted by Crippen LogP contribution is -2.53. The number of benzene rings is 1. The number of nitrogens with zero attached hydrogens (tertiary/aromatic N) is 5. The van der Waals surface area contributed by atoms with Gasteiger partial charge >= 0.3 is 6.03 Å². The summed E-state index contributed by atoms with van der Waals surface area (Å²) in [6.45, 7) is 11.8. The molecule has 1 N–H and O–H groups in total. The van der Waals surface area contributed by atoms with E-state index < -0.39 is 0 Å². The van der Waals surface area contributed by atoms with Gasteiger partial charge in [-0.2, -0.15) is 0 Å². The Bertz CT molecular complexity index is 1200. The average molecular weight is 475 g/mol. The molecule has 0 unspecified atom stereocenters. The van der Waals surface area contributed by atoms with Crippen LogP contribution in [0.1, 0.15) is 29.8 Å². The van der Waals surface area contributed by atoms with E-state index in [9.17, 15) is 4.79 Å². The maximum absolute atomic E-state index is 13.1. The molecule has 1 atom stereocenters. The standard InChI is InChI=1S/C26H30N6OS/c1-17-12-21(13-18(2)28-17)24-23(20-7-4-6-19(14-20)15-27-3)29-25(34-24)30-26(33)32-11-10-31-9-5-8-22(31)16-32/h4,6-7,12-14,22H,3,5,8-11,15-16H2,1-2H3,(H,29,30,33)/t22-/m1/s1. The minimum Gasteiger partial charge on any atom is -0.322 e. The molecule has 0 spiro atoms. The van der Waals surface area contributed by atoms with Crippen LogP contribution in [0.4, 0.5) is 9.93 Å². The van der Waals surface area contributed by atoms with Gasteiger partial charge in [0.15, 0.2) is 5.13 Å². The molecule has 3 aromatic rings. The van der Waals surface area contributed by atoms with Crippen LogP contribution in [0.15, 0.2) is 41.4 Å². The van der Waals surface area contributed by atoms with Crippen molar-refractivity contribution >= 4 is 29.2 Å². The number of nitrogens with one attached hydrogen (secondary N) is 1. The summed E-state index contributed by atoms with van der Waals surface area (Å²) in [6.07, 6.45) is 2.40. The topological polar surface area (TPSA) is 73.7 Å². The number of thiazole rings is 1. The van der Waals surface area contributed by atoms with Gasteiger partial charge in [0, 0.05) is 42.6 Å². The second kappa shape index (κ2) is 9.64. The van der Waals surface area contributed by atoms with Gasteiger partial charge < -0.3 is 4.90 Å². The minimum atomic E-state index is -0.0647. The van der Waals surface area contributed by atoms with Crippen molar-refractivity contribution in [3.63, 3.8) is 0 Å². The zero-order valence-electron chi connectivity index (χ0n) is 19.8. The molecule has 2 aliphatic rings. The van der Waals surface area contributed by atoms with Crippen molar-refractivity contribution in [3.05, 3.63) is 53.3 Å². The van der Waals surface area contributed by atoms with E-state index >= 15 is 0 Å². The summed E-state index contributed by atoms with van der Waals surface area (Å²) in [5.74, 6) is 0. The van der Waals surface area contributed by atoms with Crippen LogP contribution in [0.5, 0.6) is 0 Å². The normalized spacial score (nSPS) is 18.1. The van der Waals surface area contributed by atoms with Gasteiger partial charge in [0.05, 0.1) is 17.1 Å². The molecule has 34 heavy (non-hydrogen) atoms. The Balaban J connectivity index is 1.47. The summed E-state index contributed by atoms with van der Waals surface area (Å²) in [7, 11) is 0. The van der Waals surface area contributed by atoms with E-state index in [0.29, 0.717) is 17.7 Å². The Morgan fingerprint density at radius 1 is 1.15 bits per heavy atom. The lowest BCUT2D eigenvalue weighted by molar-refractivity contribution is 0.124. The lowest BCUT2D eigenvalue weighted by atomic mass is 10.0. The van der Waals surface area contributed by atoms with E-state index in [1.54, 1.807) is 0 Å². The second-order valence-corrected chi connectivity index (χ2v) is 10.1. The Hall–Kier alpha value is -3.10. The molecule has 1 aromatic carbocycles. The van der Waals surface area contributed by atoms with Crippen LogP contribution >= 0.6 is 11.3 Å². The fourth-order valence-corrected chi connectivity index (χ4v) is 5.99. The smallest absolute Gasteiger partial charge is 0.322 e. The summed E-state index contributed by atoms with van der Waals surface area (Å²) < 4.78 is 0. The first-order valence-corrected chi connectivity index (χ1v) is 12.6. The molecule has 5 rings (SSSR count). The van der Waals surface area contributed by atoms with Gasteiger partial charge in [0.25, 0.3) is 0 Å². The van der Waals surface area contributed by atoms with Gasteiger partial charge in [0.2, 0.25) is 0 Å². The third-order valence-corrected chi connectivity index (χ3v) is 7.57. The monoisotopic (exact) mass is 474 g/mol. The minimum absolute atomic E-state index is 0.0647. The summed E-state index contributed by atoms with van der Waals surface area (Å²) in [6, 6.07) is 12.8. The molecule has 0 saturated carbocycles. The predicted molar refractivity (Wildman–Crippen MR) is 139 cm³/mol. The number of aryl methyl sites for hydroxylation is 2. The molecule has 0 radical (unpaired) electrons. The predicted octanol–water partition coefficient (Wildman–Crippen LogP) is 5.00. The molecule has 7 nitrogen and oxygen atoms in total. The average Bonchev–Trinajstić information content (AvgIpc) is 3.45. The van der Waals surface area contributed by atoms with Crippen molar-refractivity contribution < 1.29 is 4.79 Å². The van der Waals surface area contributed by atoms with E-state index in [4.69, 9.17) is 4.98 Å². The molecule has 2 saturated heterocycles. The lowest BCUT2D eigenvalue weighted by Gasteiger charge is -2.37. The Labute approximate surface area is 204 Å².